The predicted octanol–water partition coefficient (Wildman–Crippen LogP) is 0.672. The molecule has 1 amide bonds. The minimum atomic E-state index is -1.02. The highest BCUT2D eigenvalue weighted by molar-refractivity contribution is 5.78. The van der Waals surface area contributed by atoms with E-state index in [4.69, 9.17) is 5.11 Å². The molecule has 3 N–H and O–H groups in total. The Morgan fingerprint density at radius 2 is 2.13 bits per heavy atom. The first-order valence-electron chi connectivity index (χ1n) is 5.54. The van der Waals surface area contributed by atoms with Crippen molar-refractivity contribution in [1.82, 2.24) is 5.32 Å². The molecule has 0 rings (SSSR count). The van der Waals surface area contributed by atoms with Gasteiger partial charge in [-0.2, -0.15) is 0 Å². The standard InChI is InChI=1S/C11H23NO3/c1-4-5-9(2)10(14)12-8-11(3,15)6-7-13/h9,13,15H,4-8H2,1-3H3,(H,12,14). The minimum absolute atomic E-state index is 0.0140. The van der Waals surface area contributed by atoms with Crippen molar-refractivity contribution in [3.63, 3.8) is 0 Å². The summed E-state index contributed by atoms with van der Waals surface area (Å²) in [6.45, 7) is 5.63. The summed E-state index contributed by atoms with van der Waals surface area (Å²) in [5, 5.41) is 21.1. The highest BCUT2D eigenvalue weighted by atomic mass is 16.3. The van der Waals surface area contributed by atoms with Gasteiger partial charge >= 0.3 is 0 Å². The van der Waals surface area contributed by atoms with Crippen LogP contribution in [0.4, 0.5) is 0 Å². The van der Waals surface area contributed by atoms with Crippen molar-refractivity contribution in [1.29, 1.82) is 0 Å². The van der Waals surface area contributed by atoms with E-state index in [1.807, 2.05) is 13.8 Å². The van der Waals surface area contributed by atoms with Gasteiger partial charge in [-0.05, 0) is 13.3 Å². The molecule has 0 aliphatic heterocycles. The van der Waals surface area contributed by atoms with E-state index in [2.05, 4.69) is 5.32 Å². The first-order valence-corrected chi connectivity index (χ1v) is 5.54. The molecule has 0 radical (unpaired) electrons. The van der Waals surface area contributed by atoms with Crippen molar-refractivity contribution < 1.29 is 15.0 Å². The lowest BCUT2D eigenvalue weighted by atomic mass is 10.0. The van der Waals surface area contributed by atoms with Crippen LogP contribution in [0.3, 0.4) is 0 Å². The van der Waals surface area contributed by atoms with Crippen molar-refractivity contribution in [2.24, 2.45) is 5.92 Å². The first kappa shape index (κ1) is 14.4. The van der Waals surface area contributed by atoms with Crippen LogP contribution in [0.1, 0.15) is 40.0 Å². The summed E-state index contributed by atoms with van der Waals surface area (Å²) in [5.41, 5.74) is -1.02. The second kappa shape index (κ2) is 6.80. The fourth-order valence-electron chi connectivity index (χ4n) is 1.35. The monoisotopic (exact) mass is 217 g/mol. The van der Waals surface area contributed by atoms with Gasteiger partial charge < -0.3 is 15.5 Å². The van der Waals surface area contributed by atoms with Gasteiger partial charge in [0.15, 0.2) is 0 Å². The number of aliphatic hydroxyl groups excluding tert-OH is 1. The molecule has 90 valence electrons. The van der Waals surface area contributed by atoms with Gasteiger partial charge in [-0.15, -0.1) is 0 Å². The normalized spacial score (nSPS) is 16.9. The van der Waals surface area contributed by atoms with Crippen LogP contribution < -0.4 is 5.32 Å². The summed E-state index contributed by atoms with van der Waals surface area (Å²) < 4.78 is 0. The largest absolute Gasteiger partial charge is 0.396 e. The molecule has 0 aromatic heterocycles. The number of hydrogen-bond donors (Lipinski definition) is 3. The molecule has 0 spiro atoms. The van der Waals surface area contributed by atoms with Crippen LogP contribution in [0.5, 0.6) is 0 Å². The fraction of sp³-hybridized carbons (Fsp3) is 0.909. The minimum Gasteiger partial charge on any atom is -0.396 e. The lowest BCUT2D eigenvalue weighted by Gasteiger charge is -2.23. The molecule has 0 aliphatic carbocycles. The fourth-order valence-corrected chi connectivity index (χ4v) is 1.35. The summed E-state index contributed by atoms with van der Waals surface area (Å²) in [7, 11) is 0. The van der Waals surface area contributed by atoms with Gasteiger partial charge in [0.05, 0.1) is 5.60 Å². The van der Waals surface area contributed by atoms with E-state index in [-0.39, 0.29) is 31.4 Å². The van der Waals surface area contributed by atoms with Crippen LogP contribution in [-0.2, 0) is 4.79 Å². The van der Waals surface area contributed by atoms with Gasteiger partial charge in [0, 0.05) is 25.5 Å². The molecule has 0 saturated carbocycles. The predicted molar refractivity (Wildman–Crippen MR) is 59.4 cm³/mol. The average molecular weight is 217 g/mol. The van der Waals surface area contributed by atoms with Crippen molar-refractivity contribution >= 4 is 5.91 Å². The molecule has 0 aliphatic rings. The molecule has 2 atom stereocenters. The third kappa shape index (κ3) is 6.47. The Kier molecular flexibility index (Phi) is 6.52. The lowest BCUT2D eigenvalue weighted by Crippen LogP contribution is -2.42. The van der Waals surface area contributed by atoms with Gasteiger partial charge in [-0.3, -0.25) is 4.79 Å². The lowest BCUT2D eigenvalue weighted by molar-refractivity contribution is -0.126. The molecule has 0 fully saturated rings. The van der Waals surface area contributed by atoms with Gasteiger partial charge in [0.2, 0.25) is 5.91 Å². The van der Waals surface area contributed by atoms with Crippen LogP contribution >= 0.6 is 0 Å². The van der Waals surface area contributed by atoms with Crippen LogP contribution in [0.15, 0.2) is 0 Å². The third-order valence-corrected chi connectivity index (χ3v) is 2.46. The second-order valence-electron chi connectivity index (χ2n) is 4.38. The van der Waals surface area contributed by atoms with Crippen molar-refractivity contribution in [3.05, 3.63) is 0 Å². The molecule has 0 aromatic rings. The third-order valence-electron chi connectivity index (χ3n) is 2.46. The number of nitrogens with one attached hydrogen (secondary N) is 1. The quantitative estimate of drug-likeness (QED) is 0.587. The second-order valence-corrected chi connectivity index (χ2v) is 4.38. The molecule has 0 heterocycles. The van der Waals surface area contributed by atoms with E-state index in [1.165, 1.54) is 0 Å². The highest BCUT2D eigenvalue weighted by Gasteiger charge is 2.21. The Morgan fingerprint density at radius 1 is 1.53 bits per heavy atom. The maximum atomic E-state index is 11.5. The zero-order valence-corrected chi connectivity index (χ0v) is 9.92. The zero-order valence-electron chi connectivity index (χ0n) is 9.92. The molecular formula is C11H23NO3. The summed E-state index contributed by atoms with van der Waals surface area (Å²) in [4.78, 5) is 11.5. The molecule has 4 heteroatoms. The van der Waals surface area contributed by atoms with E-state index in [9.17, 15) is 9.90 Å². The summed E-state index contributed by atoms with van der Waals surface area (Å²) >= 11 is 0. The van der Waals surface area contributed by atoms with Gasteiger partial charge in [-0.25, -0.2) is 0 Å². The van der Waals surface area contributed by atoms with Crippen LogP contribution in [0.25, 0.3) is 0 Å². The number of aliphatic hydroxyl groups is 2. The van der Waals surface area contributed by atoms with Crippen molar-refractivity contribution in [2.45, 2.75) is 45.6 Å². The SMILES string of the molecule is CCCC(C)C(=O)NCC(C)(O)CCO. The van der Waals surface area contributed by atoms with E-state index in [0.29, 0.717) is 0 Å². The Hall–Kier alpha value is -0.610. The Bertz CT molecular complexity index is 192. The maximum absolute atomic E-state index is 11.5. The van der Waals surface area contributed by atoms with Crippen LogP contribution in [0.2, 0.25) is 0 Å². The molecule has 15 heavy (non-hydrogen) atoms. The summed E-state index contributed by atoms with van der Waals surface area (Å²) in [6, 6.07) is 0. The van der Waals surface area contributed by atoms with Crippen LogP contribution in [-0.4, -0.2) is 34.9 Å². The first-order chi connectivity index (χ1) is 6.93. The van der Waals surface area contributed by atoms with Crippen LogP contribution in [0, 0.1) is 5.92 Å². The van der Waals surface area contributed by atoms with E-state index in [0.717, 1.165) is 12.8 Å². The van der Waals surface area contributed by atoms with E-state index in [1.54, 1.807) is 6.92 Å². The van der Waals surface area contributed by atoms with Crippen molar-refractivity contribution in [2.75, 3.05) is 13.2 Å². The molecule has 2 unspecified atom stereocenters. The molecule has 4 nitrogen and oxygen atoms in total. The number of carbonyl (C=O) groups is 1. The zero-order chi connectivity index (χ0) is 11.9. The molecular weight excluding hydrogens is 194 g/mol. The Morgan fingerprint density at radius 3 is 2.60 bits per heavy atom. The van der Waals surface area contributed by atoms with Gasteiger partial charge in [0.1, 0.15) is 0 Å². The topological polar surface area (TPSA) is 69.6 Å². The highest BCUT2D eigenvalue weighted by Crippen LogP contribution is 2.08. The van der Waals surface area contributed by atoms with Crippen molar-refractivity contribution in [3.8, 4) is 0 Å². The number of hydrogen-bond acceptors (Lipinski definition) is 3. The maximum Gasteiger partial charge on any atom is 0.222 e. The molecule has 0 bridgehead atoms. The van der Waals surface area contributed by atoms with E-state index >= 15 is 0 Å². The smallest absolute Gasteiger partial charge is 0.222 e. The Labute approximate surface area is 91.7 Å². The number of carbonyl (C=O) groups excluding carboxylic acids is 1. The number of rotatable bonds is 7. The molecule has 0 aromatic carbocycles. The summed E-state index contributed by atoms with van der Waals surface area (Å²) in [5.74, 6) is -0.0463. The average Bonchev–Trinajstić information content (AvgIpc) is 2.14. The van der Waals surface area contributed by atoms with E-state index < -0.39 is 5.60 Å². The molecule has 0 saturated heterocycles. The summed E-state index contributed by atoms with van der Waals surface area (Å²) in [6.07, 6.45) is 2.10. The Balaban J connectivity index is 3.88. The number of amides is 1. The van der Waals surface area contributed by atoms with Gasteiger partial charge in [-0.1, -0.05) is 20.3 Å². The van der Waals surface area contributed by atoms with Gasteiger partial charge in [0.25, 0.3) is 0 Å².